The maximum atomic E-state index is 12.4. The quantitative estimate of drug-likeness (QED) is 0.600. The van der Waals surface area contributed by atoms with Gasteiger partial charge in [-0.1, -0.05) is 23.9 Å². The normalized spacial score (nSPS) is 10.9. The Morgan fingerprint density at radius 3 is 2.25 bits per heavy atom. The third-order valence-corrected chi connectivity index (χ3v) is 3.51. The molecule has 0 amide bonds. The first kappa shape index (κ1) is 14.4. The zero-order chi connectivity index (χ0) is 14.6. The molecule has 0 saturated heterocycles. The topological polar surface area (TPSA) is 29.4 Å². The van der Waals surface area contributed by atoms with Gasteiger partial charge >= 0.3 is 6.18 Å². The molecule has 0 aliphatic carbocycles. The second kappa shape index (κ2) is 5.94. The van der Waals surface area contributed by atoms with Gasteiger partial charge in [0.05, 0.1) is 11.3 Å². The number of aliphatic imine (C=N–C) groups is 1. The van der Waals surface area contributed by atoms with Gasteiger partial charge in [0, 0.05) is 9.79 Å². The van der Waals surface area contributed by atoms with E-state index in [1.54, 1.807) is 24.3 Å². The predicted octanol–water partition coefficient (Wildman–Crippen LogP) is 4.82. The molecule has 0 atom stereocenters. The maximum Gasteiger partial charge on any atom is 0.416 e. The molecule has 6 heteroatoms. The fourth-order valence-electron chi connectivity index (χ4n) is 1.52. The molecule has 2 rings (SSSR count). The number of hydrogen-bond donors (Lipinski definition) is 0. The number of isocyanates is 1. The van der Waals surface area contributed by atoms with Crippen LogP contribution in [-0.4, -0.2) is 6.08 Å². The van der Waals surface area contributed by atoms with Crippen LogP contribution in [0.3, 0.4) is 0 Å². The van der Waals surface area contributed by atoms with Crippen LogP contribution in [0.2, 0.25) is 0 Å². The molecule has 0 aliphatic heterocycles. The van der Waals surface area contributed by atoms with E-state index in [0.717, 1.165) is 12.1 Å². The minimum atomic E-state index is -4.34. The Hall–Kier alpha value is -2.04. The number of benzene rings is 2. The second-order valence-electron chi connectivity index (χ2n) is 3.80. The van der Waals surface area contributed by atoms with Gasteiger partial charge in [-0.15, -0.1) is 0 Å². The molecule has 0 aromatic heterocycles. The van der Waals surface area contributed by atoms with E-state index in [1.165, 1.54) is 30.0 Å². The van der Waals surface area contributed by atoms with Crippen LogP contribution in [0.5, 0.6) is 0 Å². The lowest BCUT2D eigenvalue weighted by Crippen LogP contribution is -2.03. The van der Waals surface area contributed by atoms with E-state index in [1.807, 2.05) is 0 Å². The molecule has 2 nitrogen and oxygen atoms in total. The van der Waals surface area contributed by atoms with Gasteiger partial charge in [-0.3, -0.25) is 0 Å². The van der Waals surface area contributed by atoms with Crippen molar-refractivity contribution in [2.24, 2.45) is 4.99 Å². The summed E-state index contributed by atoms with van der Waals surface area (Å²) in [6, 6.07) is 11.7. The highest BCUT2D eigenvalue weighted by atomic mass is 32.2. The van der Waals surface area contributed by atoms with Gasteiger partial charge in [0.25, 0.3) is 0 Å². The van der Waals surface area contributed by atoms with E-state index in [9.17, 15) is 18.0 Å². The number of halogens is 3. The number of hydrogen-bond acceptors (Lipinski definition) is 3. The highest BCUT2D eigenvalue weighted by Gasteiger charge is 2.29. The van der Waals surface area contributed by atoms with Gasteiger partial charge < -0.3 is 0 Å². The number of alkyl halides is 3. The van der Waals surface area contributed by atoms with Gasteiger partial charge in [-0.05, 0) is 36.4 Å². The van der Waals surface area contributed by atoms with E-state index in [0.29, 0.717) is 15.5 Å². The number of rotatable bonds is 3. The standard InChI is InChI=1S/C14H8F3NOS/c15-14(16,17)10-5-7-11(8-6-10)20-13-4-2-1-3-12(13)18-9-19/h1-8H. The highest BCUT2D eigenvalue weighted by Crippen LogP contribution is 2.36. The molecule has 0 N–H and O–H groups in total. The SMILES string of the molecule is O=C=Nc1ccccc1Sc1ccc(C(F)(F)F)cc1. The molecule has 0 fully saturated rings. The minimum Gasteiger partial charge on any atom is -0.211 e. The Morgan fingerprint density at radius 2 is 1.65 bits per heavy atom. The molecule has 0 bridgehead atoms. The van der Waals surface area contributed by atoms with Crippen molar-refractivity contribution in [2.75, 3.05) is 0 Å². The minimum absolute atomic E-state index is 0.437. The maximum absolute atomic E-state index is 12.4. The molecule has 2 aromatic carbocycles. The van der Waals surface area contributed by atoms with Crippen LogP contribution in [0, 0.1) is 0 Å². The van der Waals surface area contributed by atoms with E-state index >= 15 is 0 Å². The largest absolute Gasteiger partial charge is 0.416 e. The van der Waals surface area contributed by atoms with E-state index in [4.69, 9.17) is 0 Å². The van der Waals surface area contributed by atoms with Crippen LogP contribution in [0.15, 0.2) is 63.3 Å². The van der Waals surface area contributed by atoms with Gasteiger partial charge in [0.1, 0.15) is 0 Å². The van der Waals surface area contributed by atoms with Crippen LogP contribution in [0.25, 0.3) is 0 Å². The summed E-state index contributed by atoms with van der Waals surface area (Å²) in [6.07, 6.45) is -2.89. The van der Waals surface area contributed by atoms with Gasteiger partial charge in [-0.2, -0.15) is 18.2 Å². The summed E-state index contributed by atoms with van der Waals surface area (Å²) < 4.78 is 37.3. The molecular formula is C14H8F3NOS. The van der Waals surface area contributed by atoms with Gasteiger partial charge in [0.15, 0.2) is 0 Å². The van der Waals surface area contributed by atoms with Gasteiger partial charge in [-0.25, -0.2) is 4.79 Å². The van der Waals surface area contributed by atoms with Crippen LogP contribution >= 0.6 is 11.8 Å². The first-order valence-corrected chi connectivity index (χ1v) is 6.34. The smallest absolute Gasteiger partial charge is 0.211 e. The summed E-state index contributed by atoms with van der Waals surface area (Å²) in [5.41, 5.74) is -0.256. The molecule has 0 radical (unpaired) electrons. The first-order chi connectivity index (χ1) is 9.50. The number of carbonyl (C=O) groups excluding carboxylic acids is 1. The third-order valence-electron chi connectivity index (χ3n) is 2.44. The Labute approximate surface area is 117 Å². The van der Waals surface area contributed by atoms with Crippen molar-refractivity contribution in [1.29, 1.82) is 0 Å². The summed E-state index contributed by atoms with van der Waals surface area (Å²) in [6.45, 7) is 0. The van der Waals surface area contributed by atoms with E-state index in [2.05, 4.69) is 4.99 Å². The summed E-state index contributed by atoms with van der Waals surface area (Å²) in [5.74, 6) is 0. The van der Waals surface area contributed by atoms with Crippen LogP contribution < -0.4 is 0 Å². The highest BCUT2D eigenvalue weighted by molar-refractivity contribution is 7.99. The molecule has 0 heterocycles. The summed E-state index contributed by atoms with van der Waals surface area (Å²) in [7, 11) is 0. The van der Waals surface area contributed by atoms with Crippen molar-refractivity contribution in [3.63, 3.8) is 0 Å². The van der Waals surface area contributed by atoms with Crippen molar-refractivity contribution >= 4 is 23.5 Å². The summed E-state index contributed by atoms with van der Waals surface area (Å²) >= 11 is 1.23. The van der Waals surface area contributed by atoms with Crippen molar-refractivity contribution in [3.05, 3.63) is 54.1 Å². The molecular weight excluding hydrogens is 287 g/mol. The van der Waals surface area contributed by atoms with E-state index in [-0.39, 0.29) is 0 Å². The lowest BCUT2D eigenvalue weighted by atomic mass is 10.2. The zero-order valence-corrected chi connectivity index (χ0v) is 10.8. The molecule has 2 aromatic rings. The van der Waals surface area contributed by atoms with E-state index < -0.39 is 11.7 Å². The molecule has 0 spiro atoms. The fourth-order valence-corrected chi connectivity index (χ4v) is 2.41. The van der Waals surface area contributed by atoms with Crippen molar-refractivity contribution in [3.8, 4) is 0 Å². The Morgan fingerprint density at radius 1 is 1.00 bits per heavy atom. The van der Waals surface area contributed by atoms with Gasteiger partial charge in [0.2, 0.25) is 6.08 Å². The average molecular weight is 295 g/mol. The van der Waals surface area contributed by atoms with Crippen molar-refractivity contribution in [2.45, 2.75) is 16.0 Å². The monoisotopic (exact) mass is 295 g/mol. The first-order valence-electron chi connectivity index (χ1n) is 5.53. The lowest BCUT2D eigenvalue weighted by Gasteiger charge is -2.08. The average Bonchev–Trinajstić information content (AvgIpc) is 2.41. The lowest BCUT2D eigenvalue weighted by molar-refractivity contribution is -0.137. The molecule has 102 valence electrons. The molecule has 0 saturated carbocycles. The van der Waals surface area contributed by atoms with Crippen LogP contribution in [-0.2, 0) is 11.0 Å². The van der Waals surface area contributed by atoms with Crippen molar-refractivity contribution < 1.29 is 18.0 Å². The molecule has 20 heavy (non-hydrogen) atoms. The zero-order valence-electron chi connectivity index (χ0n) is 10.0. The van der Waals surface area contributed by atoms with Crippen LogP contribution in [0.1, 0.15) is 5.56 Å². The molecule has 0 unspecified atom stereocenters. The third kappa shape index (κ3) is 3.50. The Bertz CT molecular complexity index is 646. The summed E-state index contributed by atoms with van der Waals surface area (Å²) in [5, 5.41) is 0. The number of para-hydroxylation sites is 1. The van der Waals surface area contributed by atoms with Crippen molar-refractivity contribution in [1.82, 2.24) is 0 Å². The fraction of sp³-hybridized carbons (Fsp3) is 0.0714. The number of nitrogens with zero attached hydrogens (tertiary/aromatic N) is 1. The predicted molar refractivity (Wildman–Crippen MR) is 69.8 cm³/mol. The Balaban J connectivity index is 2.25. The molecule has 0 aliphatic rings. The Kier molecular flexibility index (Phi) is 4.27. The second-order valence-corrected chi connectivity index (χ2v) is 4.91. The summed E-state index contributed by atoms with van der Waals surface area (Å²) in [4.78, 5) is 15.2. The van der Waals surface area contributed by atoms with Crippen LogP contribution in [0.4, 0.5) is 18.9 Å².